The normalized spacial score (nSPS) is 21.4. The maximum Gasteiger partial charge on any atom is 0.254 e. The predicted molar refractivity (Wildman–Crippen MR) is 105 cm³/mol. The number of carbonyl (C=O) groups is 1. The Kier molecular flexibility index (Phi) is 4.58. The number of carbonyl (C=O) groups excluding carboxylic acids is 1. The van der Waals surface area contributed by atoms with Gasteiger partial charge in [0.2, 0.25) is 0 Å². The zero-order valence-corrected chi connectivity index (χ0v) is 16.3. The number of fused-ring (bicyclic) bond motifs is 2. The van der Waals surface area contributed by atoms with Gasteiger partial charge >= 0.3 is 0 Å². The standard InChI is InChI=1S/C21H18F2N4OS/c22-14-3-6-17-12(7-14)1-4-16-5-2-13(10-27(16)21(17)28)20-26-18(11-29-20)19-24-8-15(23)9-25-19/h3,6-9,11,13,16H,1-2,4-5,10H2. The second kappa shape index (κ2) is 7.26. The van der Waals surface area contributed by atoms with Crippen LogP contribution in [0.5, 0.6) is 0 Å². The molecule has 0 bridgehead atoms. The summed E-state index contributed by atoms with van der Waals surface area (Å²) in [4.78, 5) is 27.7. The molecule has 5 nitrogen and oxygen atoms in total. The molecule has 2 unspecified atom stereocenters. The van der Waals surface area contributed by atoms with Crippen LogP contribution in [0.1, 0.15) is 46.1 Å². The number of halogens is 2. The number of nitrogens with zero attached hydrogens (tertiary/aromatic N) is 4. The summed E-state index contributed by atoms with van der Waals surface area (Å²) in [5.74, 6) is -0.276. The highest BCUT2D eigenvalue weighted by Gasteiger charge is 2.36. The van der Waals surface area contributed by atoms with E-state index in [0.29, 0.717) is 30.0 Å². The molecule has 3 aromatic rings. The molecule has 148 valence electrons. The quantitative estimate of drug-likeness (QED) is 0.633. The molecule has 8 heteroatoms. The van der Waals surface area contributed by atoms with Crippen molar-refractivity contribution in [3.63, 3.8) is 0 Å². The Morgan fingerprint density at radius 2 is 1.90 bits per heavy atom. The minimum absolute atomic E-state index is 0.0224. The van der Waals surface area contributed by atoms with Gasteiger partial charge in [0.25, 0.3) is 5.91 Å². The molecule has 29 heavy (non-hydrogen) atoms. The van der Waals surface area contributed by atoms with Gasteiger partial charge in [0.05, 0.1) is 17.4 Å². The van der Waals surface area contributed by atoms with E-state index in [9.17, 15) is 13.6 Å². The first-order valence-corrected chi connectivity index (χ1v) is 10.5. The van der Waals surface area contributed by atoms with Crippen LogP contribution in [0.25, 0.3) is 11.5 Å². The molecule has 0 radical (unpaired) electrons. The highest BCUT2D eigenvalue weighted by atomic mass is 32.1. The number of aryl methyl sites for hydroxylation is 1. The molecule has 4 heterocycles. The molecular weight excluding hydrogens is 394 g/mol. The van der Waals surface area contributed by atoms with E-state index in [-0.39, 0.29) is 23.7 Å². The molecule has 1 aromatic carbocycles. The lowest BCUT2D eigenvalue weighted by atomic mass is 9.91. The van der Waals surface area contributed by atoms with Gasteiger partial charge in [-0.05, 0) is 49.4 Å². The van der Waals surface area contributed by atoms with Crippen molar-refractivity contribution in [1.82, 2.24) is 19.9 Å². The van der Waals surface area contributed by atoms with E-state index in [4.69, 9.17) is 0 Å². The number of piperidine rings is 1. The van der Waals surface area contributed by atoms with Crippen LogP contribution in [0, 0.1) is 11.6 Å². The van der Waals surface area contributed by atoms with E-state index in [1.807, 2.05) is 10.3 Å². The summed E-state index contributed by atoms with van der Waals surface area (Å²) in [7, 11) is 0. The van der Waals surface area contributed by atoms with Crippen LogP contribution in [-0.4, -0.2) is 38.3 Å². The Morgan fingerprint density at radius 1 is 1.07 bits per heavy atom. The van der Waals surface area contributed by atoms with E-state index >= 15 is 0 Å². The molecule has 1 amide bonds. The van der Waals surface area contributed by atoms with Crippen LogP contribution in [0.3, 0.4) is 0 Å². The largest absolute Gasteiger partial charge is 0.335 e. The third-order valence-corrected chi connectivity index (χ3v) is 6.74. The fourth-order valence-electron chi connectivity index (χ4n) is 4.25. The van der Waals surface area contributed by atoms with Crippen LogP contribution in [0.15, 0.2) is 36.0 Å². The zero-order valence-electron chi connectivity index (χ0n) is 15.5. The summed E-state index contributed by atoms with van der Waals surface area (Å²) in [6, 6.07) is 4.62. The minimum Gasteiger partial charge on any atom is -0.335 e. The lowest BCUT2D eigenvalue weighted by Crippen LogP contribution is -2.45. The van der Waals surface area contributed by atoms with Crippen molar-refractivity contribution in [2.45, 2.75) is 37.6 Å². The number of hydrogen-bond donors (Lipinski definition) is 0. The number of thiazole rings is 1. The van der Waals surface area contributed by atoms with E-state index < -0.39 is 5.82 Å². The molecule has 0 aliphatic carbocycles. The Balaban J connectivity index is 1.39. The molecular formula is C21H18F2N4OS. The first kappa shape index (κ1) is 18.3. The van der Waals surface area contributed by atoms with Crippen molar-refractivity contribution < 1.29 is 13.6 Å². The number of aromatic nitrogens is 3. The Hall–Kier alpha value is -2.74. The minimum atomic E-state index is -0.484. The highest BCUT2D eigenvalue weighted by molar-refractivity contribution is 7.10. The summed E-state index contributed by atoms with van der Waals surface area (Å²) >= 11 is 1.52. The Morgan fingerprint density at radius 3 is 2.72 bits per heavy atom. The fourth-order valence-corrected chi connectivity index (χ4v) is 5.18. The number of hydrogen-bond acceptors (Lipinski definition) is 5. The summed E-state index contributed by atoms with van der Waals surface area (Å²) < 4.78 is 26.7. The topological polar surface area (TPSA) is 59.0 Å². The average molecular weight is 412 g/mol. The molecule has 0 N–H and O–H groups in total. The summed E-state index contributed by atoms with van der Waals surface area (Å²) in [5.41, 5.74) is 2.02. The SMILES string of the molecule is O=C1c2ccc(F)cc2CCC2CCC(c3nc(-c4ncc(F)cn4)cs3)CN12. The first-order chi connectivity index (χ1) is 14.1. The number of benzene rings is 1. The smallest absolute Gasteiger partial charge is 0.254 e. The molecule has 0 spiro atoms. The Bertz CT molecular complexity index is 1070. The van der Waals surface area contributed by atoms with Crippen molar-refractivity contribution in [3.8, 4) is 11.5 Å². The van der Waals surface area contributed by atoms with Gasteiger partial charge in [-0.1, -0.05) is 0 Å². The molecule has 5 rings (SSSR count). The third-order valence-electron chi connectivity index (χ3n) is 5.73. The van der Waals surface area contributed by atoms with E-state index in [1.54, 1.807) is 6.07 Å². The first-order valence-electron chi connectivity index (χ1n) is 9.61. The van der Waals surface area contributed by atoms with Crippen molar-refractivity contribution in [2.75, 3.05) is 6.54 Å². The van der Waals surface area contributed by atoms with Crippen molar-refractivity contribution >= 4 is 17.2 Å². The molecule has 0 saturated carbocycles. The highest BCUT2D eigenvalue weighted by Crippen LogP contribution is 2.37. The van der Waals surface area contributed by atoms with Gasteiger partial charge < -0.3 is 4.90 Å². The lowest BCUT2D eigenvalue weighted by Gasteiger charge is -2.38. The predicted octanol–water partition coefficient (Wildman–Crippen LogP) is 4.21. The lowest BCUT2D eigenvalue weighted by molar-refractivity contribution is 0.0588. The molecule has 2 aliphatic heterocycles. The van der Waals surface area contributed by atoms with Gasteiger partial charge in [0.1, 0.15) is 11.5 Å². The van der Waals surface area contributed by atoms with Gasteiger partial charge in [-0.25, -0.2) is 23.7 Å². The van der Waals surface area contributed by atoms with Crippen LogP contribution in [-0.2, 0) is 6.42 Å². The molecule has 2 aromatic heterocycles. The number of rotatable bonds is 2. The van der Waals surface area contributed by atoms with Crippen molar-refractivity contribution in [3.05, 3.63) is 63.7 Å². The van der Waals surface area contributed by atoms with Crippen molar-refractivity contribution in [2.24, 2.45) is 0 Å². The van der Waals surface area contributed by atoms with Gasteiger partial charge in [0, 0.05) is 29.4 Å². The maximum absolute atomic E-state index is 13.6. The van der Waals surface area contributed by atoms with Crippen LogP contribution in [0.4, 0.5) is 8.78 Å². The monoisotopic (exact) mass is 412 g/mol. The summed E-state index contributed by atoms with van der Waals surface area (Å²) in [5, 5.41) is 2.81. The molecule has 2 atom stereocenters. The zero-order chi connectivity index (χ0) is 20.0. The van der Waals surface area contributed by atoms with Gasteiger partial charge in [-0.3, -0.25) is 4.79 Å². The van der Waals surface area contributed by atoms with Crippen LogP contribution in [0.2, 0.25) is 0 Å². The summed E-state index contributed by atoms with van der Waals surface area (Å²) in [6.07, 6.45) is 5.66. The second-order valence-corrected chi connectivity index (χ2v) is 8.41. The molecule has 1 saturated heterocycles. The second-order valence-electron chi connectivity index (χ2n) is 7.52. The van der Waals surface area contributed by atoms with Gasteiger partial charge in [0.15, 0.2) is 11.6 Å². The maximum atomic E-state index is 13.6. The van der Waals surface area contributed by atoms with E-state index in [2.05, 4.69) is 15.0 Å². The number of amides is 1. The van der Waals surface area contributed by atoms with E-state index in [0.717, 1.165) is 42.2 Å². The molecule has 2 aliphatic rings. The van der Waals surface area contributed by atoms with Crippen molar-refractivity contribution in [1.29, 1.82) is 0 Å². The van der Waals surface area contributed by atoms with Gasteiger partial charge in [-0.2, -0.15) is 0 Å². The van der Waals surface area contributed by atoms with Crippen LogP contribution < -0.4 is 0 Å². The van der Waals surface area contributed by atoms with Gasteiger partial charge in [-0.15, -0.1) is 11.3 Å². The average Bonchev–Trinajstić information content (AvgIpc) is 3.18. The third kappa shape index (κ3) is 3.42. The molecule has 1 fully saturated rings. The Labute approximate surface area is 170 Å². The van der Waals surface area contributed by atoms with Crippen LogP contribution >= 0.6 is 11.3 Å². The van der Waals surface area contributed by atoms with E-state index in [1.165, 1.54) is 23.5 Å². The summed E-state index contributed by atoms with van der Waals surface area (Å²) in [6.45, 7) is 0.595. The fraction of sp³-hybridized carbons (Fsp3) is 0.333.